The van der Waals surface area contributed by atoms with Crippen LogP contribution in [0.25, 0.3) is 6.08 Å². The summed E-state index contributed by atoms with van der Waals surface area (Å²) in [7, 11) is 0. The van der Waals surface area contributed by atoms with Crippen molar-refractivity contribution >= 4 is 17.8 Å². The summed E-state index contributed by atoms with van der Waals surface area (Å²) in [4.78, 5) is 24.4. The van der Waals surface area contributed by atoms with E-state index in [1.165, 1.54) is 0 Å². The number of unbranched alkanes of at least 4 members (excludes halogenated alkanes) is 1. The third kappa shape index (κ3) is 7.49. The molecule has 0 aliphatic carbocycles. The molecule has 172 valence electrons. The Labute approximate surface area is 195 Å². The molecule has 0 aliphatic rings. The number of carbonyl (C=O) groups excluding carboxylic acids is 2. The van der Waals surface area contributed by atoms with E-state index in [4.69, 9.17) is 9.47 Å². The number of benzene rings is 2. The van der Waals surface area contributed by atoms with Gasteiger partial charge in [0.15, 0.2) is 6.61 Å². The van der Waals surface area contributed by atoms with E-state index < -0.39 is 0 Å². The van der Waals surface area contributed by atoms with Gasteiger partial charge in [0.25, 0.3) is 0 Å². The minimum atomic E-state index is -0.349. The lowest BCUT2D eigenvalue weighted by Gasteiger charge is -2.08. The molecule has 0 fully saturated rings. The number of esters is 1. The third-order valence-electron chi connectivity index (χ3n) is 5.22. The number of hydrogen-bond acceptors (Lipinski definition) is 4. The molecule has 0 saturated heterocycles. The summed E-state index contributed by atoms with van der Waals surface area (Å²) in [5.74, 6) is 0.317. The highest BCUT2D eigenvalue weighted by atomic mass is 16.6. The molecule has 3 aromatic rings. The zero-order valence-electron chi connectivity index (χ0n) is 19.3. The zero-order valence-corrected chi connectivity index (χ0v) is 19.3. The number of hydrogen-bond donors (Lipinski definition) is 0. The first-order valence-electron chi connectivity index (χ1n) is 11.4. The maximum absolute atomic E-state index is 12.8. The van der Waals surface area contributed by atoms with Crippen LogP contribution in [0, 0.1) is 6.92 Å². The van der Waals surface area contributed by atoms with Gasteiger partial charge in [-0.25, -0.2) is 4.79 Å². The predicted octanol–water partition coefficient (Wildman–Crippen LogP) is 5.85. The monoisotopic (exact) mass is 445 g/mol. The van der Waals surface area contributed by atoms with E-state index in [1.807, 2.05) is 91.4 Å². The molecule has 0 aliphatic heterocycles. The summed E-state index contributed by atoms with van der Waals surface area (Å²) in [6, 6.07) is 19.0. The van der Waals surface area contributed by atoms with E-state index in [-0.39, 0.29) is 18.4 Å². The van der Waals surface area contributed by atoms with Gasteiger partial charge in [-0.3, -0.25) is 4.79 Å². The molecule has 0 radical (unpaired) electrons. The van der Waals surface area contributed by atoms with Crippen molar-refractivity contribution in [3.63, 3.8) is 0 Å². The minimum absolute atomic E-state index is 0.0359. The smallest absolute Gasteiger partial charge is 0.344 e. The molecule has 5 nitrogen and oxygen atoms in total. The molecule has 0 spiro atoms. The van der Waals surface area contributed by atoms with Gasteiger partial charge in [-0.2, -0.15) is 0 Å². The Hall–Kier alpha value is -3.60. The normalized spacial score (nSPS) is 11.0. The van der Waals surface area contributed by atoms with Gasteiger partial charge in [0.1, 0.15) is 5.75 Å². The molecular formula is C28H31NO4. The van der Waals surface area contributed by atoms with Crippen LogP contribution >= 0.6 is 0 Å². The van der Waals surface area contributed by atoms with Crippen molar-refractivity contribution < 1.29 is 19.1 Å². The molecule has 5 heteroatoms. The Morgan fingerprint density at radius 3 is 2.48 bits per heavy atom. The Balaban J connectivity index is 1.47. The predicted molar refractivity (Wildman–Crippen MR) is 130 cm³/mol. The van der Waals surface area contributed by atoms with Crippen LogP contribution in [0.2, 0.25) is 0 Å². The highest BCUT2D eigenvalue weighted by Gasteiger charge is 2.12. The lowest BCUT2D eigenvalue weighted by Crippen LogP contribution is -2.15. The fourth-order valence-electron chi connectivity index (χ4n) is 3.29. The van der Waals surface area contributed by atoms with Gasteiger partial charge in [0.05, 0.1) is 12.3 Å². The fourth-order valence-corrected chi connectivity index (χ4v) is 3.29. The first-order chi connectivity index (χ1) is 16.1. The van der Waals surface area contributed by atoms with Gasteiger partial charge < -0.3 is 14.0 Å². The molecule has 1 aromatic heterocycles. The van der Waals surface area contributed by atoms with Crippen molar-refractivity contribution in [1.82, 2.24) is 4.57 Å². The summed E-state index contributed by atoms with van der Waals surface area (Å²) in [5, 5.41) is 0. The molecule has 0 atom stereocenters. The van der Waals surface area contributed by atoms with Gasteiger partial charge in [-0.05, 0) is 49.6 Å². The van der Waals surface area contributed by atoms with Crippen molar-refractivity contribution in [2.24, 2.45) is 0 Å². The van der Waals surface area contributed by atoms with E-state index in [9.17, 15) is 9.59 Å². The largest absolute Gasteiger partial charge is 0.482 e. The number of ether oxygens (including phenoxy) is 2. The number of aromatic nitrogens is 1. The summed E-state index contributed by atoms with van der Waals surface area (Å²) in [6.45, 7) is 5.13. The van der Waals surface area contributed by atoms with Gasteiger partial charge in [-0.1, -0.05) is 67.5 Å². The molecular weight excluding hydrogens is 414 g/mol. The van der Waals surface area contributed by atoms with Gasteiger partial charge in [0, 0.05) is 18.3 Å². The molecule has 2 aromatic carbocycles. The number of allylic oxidation sites excluding steroid dienone is 1. The van der Waals surface area contributed by atoms with Gasteiger partial charge in [0.2, 0.25) is 5.78 Å². The molecule has 0 amide bonds. The Kier molecular flexibility index (Phi) is 9.07. The van der Waals surface area contributed by atoms with E-state index in [1.54, 1.807) is 0 Å². The van der Waals surface area contributed by atoms with Crippen LogP contribution in [-0.4, -0.2) is 29.5 Å². The highest BCUT2D eigenvalue weighted by molar-refractivity contribution is 6.08. The number of aryl methyl sites for hydroxylation is 2. The zero-order chi connectivity index (χ0) is 23.5. The van der Waals surface area contributed by atoms with E-state index in [0.717, 1.165) is 36.9 Å². The standard InChI is InChI=1S/C28H31NO4/c1-3-4-20-32-27(30)21-33-25-16-12-23(13-17-25)8-5-6-18-29-19-7-9-26(29)28(31)24-14-10-22(2)11-15-24/h5,7-17,19H,3-4,6,18,20-21H2,1-2H3/b8-5+. The molecule has 0 unspecified atom stereocenters. The quantitative estimate of drug-likeness (QED) is 0.199. The van der Waals surface area contributed by atoms with Crippen LogP contribution in [-0.2, 0) is 16.1 Å². The number of nitrogens with zero attached hydrogens (tertiary/aromatic N) is 1. The molecule has 0 bridgehead atoms. The maximum atomic E-state index is 12.8. The van der Waals surface area contributed by atoms with Crippen LogP contribution in [0.5, 0.6) is 5.75 Å². The van der Waals surface area contributed by atoms with Gasteiger partial charge in [-0.15, -0.1) is 0 Å². The first kappa shape index (κ1) is 24.1. The average Bonchev–Trinajstić information content (AvgIpc) is 3.30. The number of ketones is 1. The Bertz CT molecular complexity index is 1060. The summed E-state index contributed by atoms with van der Waals surface area (Å²) in [6.07, 6.45) is 8.71. The molecule has 0 N–H and O–H groups in total. The van der Waals surface area contributed by atoms with Crippen molar-refractivity contribution in [3.8, 4) is 5.75 Å². The lowest BCUT2D eigenvalue weighted by atomic mass is 10.1. The van der Waals surface area contributed by atoms with E-state index in [2.05, 4.69) is 6.08 Å². The second-order valence-corrected chi connectivity index (χ2v) is 7.90. The van der Waals surface area contributed by atoms with Crippen LogP contribution in [0.1, 0.15) is 53.4 Å². The summed E-state index contributed by atoms with van der Waals surface area (Å²) < 4.78 is 12.5. The van der Waals surface area contributed by atoms with Crippen molar-refractivity contribution in [2.75, 3.05) is 13.2 Å². The van der Waals surface area contributed by atoms with Crippen LogP contribution in [0.3, 0.4) is 0 Å². The summed E-state index contributed by atoms with van der Waals surface area (Å²) in [5.41, 5.74) is 3.57. The molecule has 1 heterocycles. The van der Waals surface area contributed by atoms with Gasteiger partial charge >= 0.3 is 5.97 Å². The van der Waals surface area contributed by atoms with Crippen molar-refractivity contribution in [3.05, 3.63) is 95.3 Å². The van der Waals surface area contributed by atoms with E-state index in [0.29, 0.717) is 23.6 Å². The first-order valence-corrected chi connectivity index (χ1v) is 11.4. The SMILES string of the molecule is CCCCOC(=O)COc1ccc(/C=C/CCn2cccc2C(=O)c2ccc(C)cc2)cc1. The van der Waals surface area contributed by atoms with Crippen LogP contribution in [0.4, 0.5) is 0 Å². The summed E-state index contributed by atoms with van der Waals surface area (Å²) >= 11 is 0. The number of rotatable bonds is 12. The molecule has 33 heavy (non-hydrogen) atoms. The van der Waals surface area contributed by atoms with Crippen molar-refractivity contribution in [1.29, 1.82) is 0 Å². The second kappa shape index (κ2) is 12.4. The van der Waals surface area contributed by atoms with Crippen LogP contribution < -0.4 is 4.74 Å². The molecule has 3 rings (SSSR count). The highest BCUT2D eigenvalue weighted by Crippen LogP contribution is 2.15. The lowest BCUT2D eigenvalue weighted by molar-refractivity contribution is -0.146. The maximum Gasteiger partial charge on any atom is 0.344 e. The third-order valence-corrected chi connectivity index (χ3v) is 5.22. The minimum Gasteiger partial charge on any atom is -0.482 e. The molecule has 0 saturated carbocycles. The van der Waals surface area contributed by atoms with Crippen molar-refractivity contribution in [2.45, 2.75) is 39.7 Å². The Morgan fingerprint density at radius 2 is 1.76 bits per heavy atom. The Morgan fingerprint density at radius 1 is 1.00 bits per heavy atom. The second-order valence-electron chi connectivity index (χ2n) is 7.90. The van der Waals surface area contributed by atoms with E-state index >= 15 is 0 Å². The average molecular weight is 446 g/mol. The van der Waals surface area contributed by atoms with Crippen LogP contribution in [0.15, 0.2) is 72.9 Å². The topological polar surface area (TPSA) is 57.5 Å². The number of carbonyl (C=O) groups is 2. The fraction of sp³-hybridized carbons (Fsp3) is 0.286.